The molecule has 0 saturated heterocycles. The molecule has 0 fully saturated rings. The van der Waals surface area contributed by atoms with Crippen molar-refractivity contribution in [2.24, 2.45) is 0 Å². The summed E-state index contributed by atoms with van der Waals surface area (Å²) in [6.07, 6.45) is 0. The van der Waals surface area contributed by atoms with Crippen molar-refractivity contribution in [3.63, 3.8) is 0 Å². The van der Waals surface area contributed by atoms with Crippen LogP contribution >= 0.6 is 23.2 Å². The zero-order valence-corrected chi connectivity index (χ0v) is 9.85. The smallest absolute Gasteiger partial charge is 0.318 e. The fraction of sp³-hybridized carbons (Fsp3) is 0.500. The molecule has 0 aliphatic heterocycles. The molecule has 12 N–H and O–H groups in total. The second-order valence-electron chi connectivity index (χ2n) is 1.05. The van der Waals surface area contributed by atoms with E-state index in [0.29, 0.717) is 0 Å². The summed E-state index contributed by atoms with van der Waals surface area (Å²) in [7, 11) is 0. The molecule has 0 rings (SSSR count). The maximum Gasteiger partial charge on any atom is 0.318 e. The summed E-state index contributed by atoms with van der Waals surface area (Å²) in [5, 5.41) is 15.2. The molecule has 0 aromatic rings. The predicted octanol–water partition coefficient (Wildman–Crippen LogP) is -2.88. The quantitative estimate of drug-likeness (QED) is 0.312. The molecule has 0 aliphatic carbocycles. The number of aliphatic carboxylic acids is 2. The van der Waals surface area contributed by atoms with Gasteiger partial charge in [-0.15, -0.1) is 23.2 Å². The van der Waals surface area contributed by atoms with Crippen LogP contribution < -0.4 is 0 Å². The van der Waals surface area contributed by atoms with E-state index in [-0.39, 0.29) is 50.2 Å². The van der Waals surface area contributed by atoms with E-state index in [4.69, 9.17) is 33.4 Å². The Labute approximate surface area is 105 Å². The zero-order chi connectivity index (χ0) is 8.57. The monoisotopic (exact) mass is 320 g/mol. The van der Waals surface area contributed by atoms with Crippen LogP contribution in [0.4, 0.5) is 0 Å². The zero-order valence-electron chi connectivity index (χ0n) is 7.35. The van der Waals surface area contributed by atoms with E-state index in [2.05, 4.69) is 0 Å². The van der Waals surface area contributed by atoms with Gasteiger partial charge in [0.1, 0.15) is 11.8 Å². The van der Waals surface area contributed by atoms with Crippen molar-refractivity contribution in [3.05, 3.63) is 0 Å². The van der Waals surface area contributed by atoms with Gasteiger partial charge >= 0.3 is 11.9 Å². The number of halogens is 2. The maximum absolute atomic E-state index is 9.24. The van der Waals surface area contributed by atoms with Crippen LogP contribution in [0.5, 0.6) is 0 Å². The molecular weight excluding hydrogens is 306 g/mol. The Morgan fingerprint density at radius 2 is 0.933 bits per heavy atom. The number of hydrogen-bond donors (Lipinski definition) is 2. The molecule has 0 saturated carbocycles. The van der Waals surface area contributed by atoms with Gasteiger partial charge in [0.05, 0.1) is 0 Å². The summed E-state index contributed by atoms with van der Waals surface area (Å²) >= 11 is 9.47. The SMILES string of the molecule is O.O.O=C(O)CCl.O=C(O)CCl.[Ni].[OH3+].[OH3+]. The fourth-order valence-corrected chi connectivity index (χ4v) is 0. The second kappa shape index (κ2) is 37.1. The molecule has 0 bridgehead atoms. The van der Waals surface area contributed by atoms with Gasteiger partial charge in [0.25, 0.3) is 0 Å². The summed E-state index contributed by atoms with van der Waals surface area (Å²) in [6.45, 7) is 0. The molecule has 11 heteroatoms. The number of carboxylic acid groups (broad SMARTS) is 2. The van der Waals surface area contributed by atoms with Gasteiger partial charge in [-0.25, -0.2) is 0 Å². The third-order valence-electron chi connectivity index (χ3n) is 0.229. The Morgan fingerprint density at radius 3 is 0.933 bits per heavy atom. The number of hydrogen-bond acceptors (Lipinski definition) is 2. The van der Waals surface area contributed by atoms with Crippen LogP contribution in [0.3, 0.4) is 0 Å². The van der Waals surface area contributed by atoms with Gasteiger partial charge in [0.15, 0.2) is 0 Å². The predicted molar refractivity (Wildman–Crippen MR) is 53.7 cm³/mol. The van der Waals surface area contributed by atoms with Crippen LogP contribution in [-0.2, 0) is 37.0 Å². The van der Waals surface area contributed by atoms with Crippen LogP contribution in [-0.4, -0.2) is 44.9 Å². The third-order valence-corrected chi connectivity index (χ3v) is 0.686. The number of carboxylic acids is 2. The van der Waals surface area contributed by atoms with Crippen molar-refractivity contribution in [2.45, 2.75) is 0 Å². The Hall–Kier alpha value is -0.146. The first kappa shape index (κ1) is 46.2. The number of rotatable bonds is 2. The van der Waals surface area contributed by atoms with Crippen molar-refractivity contribution >= 4 is 35.1 Å². The van der Waals surface area contributed by atoms with Crippen LogP contribution in [0.25, 0.3) is 0 Å². The summed E-state index contributed by atoms with van der Waals surface area (Å²) in [4.78, 5) is 18.5. The molecule has 0 aliphatic rings. The summed E-state index contributed by atoms with van der Waals surface area (Å²) in [5.74, 6) is -2.57. The molecule has 0 aromatic heterocycles. The molecule has 102 valence electrons. The molecule has 0 amide bonds. The first-order valence-corrected chi connectivity index (χ1v) is 3.17. The molecule has 0 unspecified atom stereocenters. The number of carbonyl (C=O) groups is 2. The molecule has 0 spiro atoms. The van der Waals surface area contributed by atoms with Gasteiger partial charge in [0, 0.05) is 16.5 Å². The summed E-state index contributed by atoms with van der Waals surface area (Å²) in [6, 6.07) is 0. The Kier molecular flexibility index (Phi) is 114. The van der Waals surface area contributed by atoms with E-state index >= 15 is 0 Å². The molecule has 0 atom stereocenters. The molecule has 15 heavy (non-hydrogen) atoms. The van der Waals surface area contributed by atoms with E-state index in [9.17, 15) is 9.59 Å². The average molecular weight is 322 g/mol. The van der Waals surface area contributed by atoms with E-state index in [1.807, 2.05) is 0 Å². The largest absolute Gasteiger partial charge is 0.480 e. The topological polar surface area (TPSA) is 204 Å². The van der Waals surface area contributed by atoms with Gasteiger partial charge in [0.2, 0.25) is 0 Å². The van der Waals surface area contributed by atoms with Gasteiger partial charge in [-0.05, 0) is 0 Å². The van der Waals surface area contributed by atoms with E-state index < -0.39 is 11.9 Å². The first-order chi connectivity index (χ1) is 4.54. The Bertz CT molecular complexity index is 109. The van der Waals surface area contributed by atoms with Crippen molar-refractivity contribution in [1.82, 2.24) is 0 Å². The summed E-state index contributed by atoms with van der Waals surface area (Å²) in [5.41, 5.74) is 0. The minimum absolute atomic E-state index is 0. The molecule has 0 heterocycles. The third kappa shape index (κ3) is 131. The minimum atomic E-state index is -0.980. The van der Waals surface area contributed by atoms with Crippen molar-refractivity contribution in [1.29, 1.82) is 0 Å². The van der Waals surface area contributed by atoms with E-state index in [1.165, 1.54) is 0 Å². The summed E-state index contributed by atoms with van der Waals surface area (Å²) < 4.78 is 0. The second-order valence-corrected chi connectivity index (χ2v) is 1.59. The van der Waals surface area contributed by atoms with Crippen molar-refractivity contribution < 1.29 is 58.2 Å². The normalized spacial score (nSPS) is 4.93. The molecule has 0 radical (unpaired) electrons. The van der Waals surface area contributed by atoms with Gasteiger partial charge in [-0.1, -0.05) is 0 Å². The maximum atomic E-state index is 9.24. The average Bonchev–Trinajstić information content (AvgIpc) is 1.89. The Morgan fingerprint density at radius 1 is 0.867 bits per heavy atom. The van der Waals surface area contributed by atoms with Gasteiger partial charge in [-0.3, -0.25) is 9.59 Å². The van der Waals surface area contributed by atoms with Crippen molar-refractivity contribution in [3.8, 4) is 0 Å². The van der Waals surface area contributed by atoms with Crippen molar-refractivity contribution in [2.75, 3.05) is 11.8 Å². The van der Waals surface area contributed by atoms with E-state index in [1.54, 1.807) is 0 Å². The fourth-order valence-electron chi connectivity index (χ4n) is 0. The Balaban J connectivity index is -0.0000000128. The van der Waals surface area contributed by atoms with Crippen LogP contribution in [0, 0.1) is 0 Å². The molecular formula is C4H16Cl2NiO8+2. The standard InChI is InChI=1S/2C2H3ClO2.Ni.4H2O/c2*3-1-2(4)5;;;;;/h2*1H2,(H,4,5);;4*1H2/p+2. The number of alkyl halides is 2. The van der Waals surface area contributed by atoms with Crippen LogP contribution in [0.2, 0.25) is 0 Å². The van der Waals surface area contributed by atoms with Crippen LogP contribution in [0.15, 0.2) is 0 Å². The molecule has 8 nitrogen and oxygen atoms in total. The van der Waals surface area contributed by atoms with Crippen LogP contribution in [0.1, 0.15) is 0 Å². The molecule has 0 aromatic carbocycles. The first-order valence-electron chi connectivity index (χ1n) is 2.10. The minimum Gasteiger partial charge on any atom is -0.480 e. The van der Waals surface area contributed by atoms with E-state index in [0.717, 1.165) is 0 Å². The van der Waals surface area contributed by atoms with Gasteiger partial charge in [-0.2, -0.15) is 0 Å². The van der Waals surface area contributed by atoms with Gasteiger partial charge < -0.3 is 32.1 Å².